The van der Waals surface area contributed by atoms with Crippen LogP contribution in [0.15, 0.2) is 36.9 Å². The van der Waals surface area contributed by atoms with Gasteiger partial charge in [0, 0.05) is 17.4 Å². The van der Waals surface area contributed by atoms with Crippen LogP contribution in [0.5, 0.6) is 0 Å². The topological polar surface area (TPSA) is 63.4 Å². The SMILES string of the molecule is C=C[C@H]([C@@H](O)c1ccc([N+](=O)[O-])cc1)S(C)(C)C. The monoisotopic (exact) mass is 269 g/mol. The van der Waals surface area contributed by atoms with E-state index in [1.807, 2.05) is 0 Å². The fraction of sp³-hybridized carbons (Fsp3) is 0.385. The number of hydrogen-bond acceptors (Lipinski definition) is 3. The highest BCUT2D eigenvalue weighted by atomic mass is 32.3. The molecule has 18 heavy (non-hydrogen) atoms. The van der Waals surface area contributed by atoms with Crippen LogP contribution in [0.3, 0.4) is 0 Å². The lowest BCUT2D eigenvalue weighted by Gasteiger charge is -2.37. The first-order chi connectivity index (χ1) is 8.27. The molecular formula is C13H19NO3S. The summed E-state index contributed by atoms with van der Waals surface area (Å²) in [5, 5.41) is 20.9. The third-order valence-corrected chi connectivity index (χ3v) is 4.89. The first-order valence-corrected chi connectivity index (χ1v) is 8.41. The van der Waals surface area contributed by atoms with E-state index in [4.69, 9.17) is 0 Å². The third kappa shape index (κ3) is 3.34. The molecule has 2 atom stereocenters. The summed E-state index contributed by atoms with van der Waals surface area (Å²) < 4.78 is 0. The Morgan fingerprint density at radius 3 is 2.17 bits per heavy atom. The van der Waals surface area contributed by atoms with Crippen LogP contribution in [-0.4, -0.2) is 34.0 Å². The third-order valence-electron chi connectivity index (χ3n) is 2.81. The lowest BCUT2D eigenvalue weighted by atomic mass is 10.1. The second kappa shape index (κ2) is 5.54. The van der Waals surface area contributed by atoms with Crippen molar-refractivity contribution in [1.82, 2.24) is 0 Å². The molecule has 0 aliphatic heterocycles. The molecule has 100 valence electrons. The van der Waals surface area contributed by atoms with Crippen molar-refractivity contribution in [2.75, 3.05) is 18.8 Å². The van der Waals surface area contributed by atoms with Gasteiger partial charge >= 0.3 is 0 Å². The Hall–Kier alpha value is -1.33. The number of nitrogens with zero attached hydrogens (tertiary/aromatic N) is 1. The molecule has 0 bridgehead atoms. The van der Waals surface area contributed by atoms with E-state index in [2.05, 4.69) is 25.3 Å². The van der Waals surface area contributed by atoms with E-state index in [1.165, 1.54) is 12.1 Å². The molecule has 1 aromatic rings. The van der Waals surface area contributed by atoms with Gasteiger partial charge < -0.3 is 5.11 Å². The molecule has 0 amide bonds. The van der Waals surface area contributed by atoms with Gasteiger partial charge in [-0.25, -0.2) is 10.0 Å². The van der Waals surface area contributed by atoms with Gasteiger partial charge in [0.05, 0.1) is 11.0 Å². The predicted molar refractivity (Wildman–Crippen MR) is 77.4 cm³/mol. The highest BCUT2D eigenvalue weighted by Gasteiger charge is 2.26. The maximum Gasteiger partial charge on any atom is 0.269 e. The average molecular weight is 269 g/mol. The number of hydrogen-bond donors (Lipinski definition) is 1. The van der Waals surface area contributed by atoms with Crippen molar-refractivity contribution in [3.8, 4) is 0 Å². The van der Waals surface area contributed by atoms with Crippen LogP contribution < -0.4 is 0 Å². The number of aliphatic hydroxyl groups is 1. The molecule has 0 aromatic heterocycles. The summed E-state index contributed by atoms with van der Waals surface area (Å²) in [6, 6.07) is 6.03. The largest absolute Gasteiger partial charge is 0.387 e. The van der Waals surface area contributed by atoms with E-state index in [1.54, 1.807) is 18.2 Å². The number of nitro groups is 1. The van der Waals surface area contributed by atoms with Crippen molar-refractivity contribution < 1.29 is 10.0 Å². The molecule has 1 aromatic carbocycles. The minimum Gasteiger partial charge on any atom is -0.387 e. The highest BCUT2D eigenvalue weighted by Crippen LogP contribution is 2.47. The minimum atomic E-state index is -0.991. The summed E-state index contributed by atoms with van der Waals surface area (Å²) in [6.07, 6.45) is 7.41. The molecule has 5 heteroatoms. The van der Waals surface area contributed by atoms with Gasteiger partial charge in [0.1, 0.15) is 0 Å². The van der Waals surface area contributed by atoms with Crippen molar-refractivity contribution in [3.63, 3.8) is 0 Å². The fourth-order valence-electron chi connectivity index (χ4n) is 1.79. The maximum atomic E-state index is 10.6. The number of benzene rings is 1. The van der Waals surface area contributed by atoms with Crippen LogP contribution in [0.4, 0.5) is 5.69 Å². The van der Waals surface area contributed by atoms with Gasteiger partial charge in [0.15, 0.2) is 0 Å². The highest BCUT2D eigenvalue weighted by molar-refractivity contribution is 8.32. The molecule has 1 N–H and O–H groups in total. The molecule has 0 unspecified atom stereocenters. The molecule has 0 radical (unpaired) electrons. The lowest BCUT2D eigenvalue weighted by molar-refractivity contribution is -0.384. The number of non-ortho nitro benzene ring substituents is 1. The summed E-state index contributed by atoms with van der Waals surface area (Å²) in [6.45, 7) is 3.77. The van der Waals surface area contributed by atoms with Gasteiger partial charge in [-0.15, -0.1) is 6.58 Å². The van der Waals surface area contributed by atoms with Crippen LogP contribution in [0.2, 0.25) is 0 Å². The summed E-state index contributed by atoms with van der Waals surface area (Å²) in [5.74, 6) is 0. The molecule has 0 heterocycles. The molecule has 1 rings (SSSR count). The van der Waals surface area contributed by atoms with Gasteiger partial charge in [0.2, 0.25) is 0 Å². The van der Waals surface area contributed by atoms with Crippen LogP contribution in [-0.2, 0) is 0 Å². The van der Waals surface area contributed by atoms with E-state index >= 15 is 0 Å². The molecule has 0 fully saturated rings. The number of rotatable bonds is 5. The van der Waals surface area contributed by atoms with E-state index in [0.29, 0.717) is 5.56 Å². The average Bonchev–Trinajstić information content (AvgIpc) is 2.28. The normalized spacial score (nSPS) is 15.8. The molecule has 0 saturated heterocycles. The standard InChI is InChI=1S/C13H19NO3S/c1-5-12(18(2,3)4)13(15)10-6-8-11(9-7-10)14(16)17/h5-9,12-13,15H,1H2,2-4H3/t12-,13+/m1/s1. The van der Waals surface area contributed by atoms with Crippen molar-refractivity contribution >= 4 is 15.7 Å². The summed E-state index contributed by atoms with van der Waals surface area (Å²) >= 11 is 0. The molecule has 0 saturated carbocycles. The van der Waals surface area contributed by atoms with E-state index in [9.17, 15) is 15.2 Å². The van der Waals surface area contributed by atoms with E-state index < -0.39 is 21.1 Å². The van der Waals surface area contributed by atoms with Crippen molar-refractivity contribution in [2.24, 2.45) is 0 Å². The van der Waals surface area contributed by atoms with E-state index in [-0.39, 0.29) is 10.9 Å². The van der Waals surface area contributed by atoms with Crippen LogP contribution >= 0.6 is 10.0 Å². The van der Waals surface area contributed by atoms with Crippen molar-refractivity contribution in [2.45, 2.75) is 11.4 Å². The first kappa shape index (κ1) is 14.7. The molecular weight excluding hydrogens is 250 g/mol. The predicted octanol–water partition coefficient (Wildman–Crippen LogP) is 2.88. The maximum absolute atomic E-state index is 10.6. The van der Waals surface area contributed by atoms with Gasteiger partial charge in [0.25, 0.3) is 5.69 Å². The lowest BCUT2D eigenvalue weighted by Crippen LogP contribution is -2.21. The fourth-order valence-corrected chi connectivity index (χ4v) is 3.30. The van der Waals surface area contributed by atoms with Crippen molar-refractivity contribution in [1.29, 1.82) is 0 Å². The van der Waals surface area contributed by atoms with Gasteiger partial charge in [-0.2, -0.15) is 0 Å². The Kier molecular flexibility index (Phi) is 4.53. The number of nitro benzene ring substituents is 1. The summed E-state index contributed by atoms with van der Waals surface area (Å²) in [4.78, 5) is 10.1. The van der Waals surface area contributed by atoms with Crippen LogP contribution in [0.25, 0.3) is 0 Å². The van der Waals surface area contributed by atoms with Gasteiger partial charge in [-0.1, -0.05) is 6.08 Å². The second-order valence-corrected chi connectivity index (χ2v) is 9.33. The second-order valence-electron chi connectivity index (χ2n) is 4.93. The first-order valence-electron chi connectivity index (χ1n) is 5.49. The van der Waals surface area contributed by atoms with Crippen LogP contribution in [0, 0.1) is 10.1 Å². The Morgan fingerprint density at radius 2 is 1.83 bits per heavy atom. The van der Waals surface area contributed by atoms with Crippen molar-refractivity contribution in [3.05, 3.63) is 52.6 Å². The van der Waals surface area contributed by atoms with Crippen LogP contribution in [0.1, 0.15) is 11.7 Å². The summed E-state index contributed by atoms with van der Waals surface area (Å²) in [7, 11) is -0.991. The quantitative estimate of drug-likeness (QED) is 0.508. The zero-order valence-corrected chi connectivity index (χ0v) is 11.7. The zero-order valence-electron chi connectivity index (χ0n) is 10.9. The molecule has 0 spiro atoms. The molecule has 0 aliphatic carbocycles. The summed E-state index contributed by atoms with van der Waals surface area (Å²) in [5.41, 5.74) is 0.720. The number of aliphatic hydroxyl groups excluding tert-OH is 1. The minimum absolute atomic E-state index is 0.0287. The Labute approximate surface area is 109 Å². The Morgan fingerprint density at radius 1 is 1.33 bits per heavy atom. The van der Waals surface area contributed by atoms with Gasteiger partial charge in [-0.05, 0) is 36.5 Å². The Bertz CT molecular complexity index is 437. The zero-order chi connectivity index (χ0) is 13.9. The molecule has 0 aliphatic rings. The van der Waals surface area contributed by atoms with Gasteiger partial charge in [-0.3, -0.25) is 10.1 Å². The molecule has 4 nitrogen and oxygen atoms in total. The Balaban J connectivity index is 2.99. The van der Waals surface area contributed by atoms with E-state index in [0.717, 1.165) is 0 Å². The smallest absolute Gasteiger partial charge is 0.269 e.